The van der Waals surface area contributed by atoms with Gasteiger partial charge in [-0.3, -0.25) is 0 Å². The summed E-state index contributed by atoms with van der Waals surface area (Å²) >= 11 is 0. The summed E-state index contributed by atoms with van der Waals surface area (Å²) < 4.78 is 17.8. The van der Waals surface area contributed by atoms with Gasteiger partial charge in [-0.1, -0.05) is 6.07 Å². The van der Waals surface area contributed by atoms with Crippen molar-refractivity contribution in [3.63, 3.8) is 0 Å². The van der Waals surface area contributed by atoms with E-state index in [4.69, 9.17) is 4.74 Å². The van der Waals surface area contributed by atoms with Crippen molar-refractivity contribution < 1.29 is 14.2 Å². The number of ether oxygens (including phenoxy) is 1. The lowest BCUT2D eigenvalue weighted by Crippen LogP contribution is -2.22. The standard InChI is InChI=1S/C11H15FO2/c1-11(2,13)7-8-4-5-9(12)6-10(8)14-3/h4-6,13H,7H2,1-3H3. The van der Waals surface area contributed by atoms with Crippen LogP contribution in [0.2, 0.25) is 0 Å². The molecule has 2 nitrogen and oxygen atoms in total. The minimum absolute atomic E-state index is 0.332. The fourth-order valence-electron chi connectivity index (χ4n) is 1.33. The van der Waals surface area contributed by atoms with Crippen molar-refractivity contribution in [1.82, 2.24) is 0 Å². The zero-order valence-corrected chi connectivity index (χ0v) is 8.67. The molecule has 3 heteroatoms. The summed E-state index contributed by atoms with van der Waals surface area (Å²) in [5.74, 6) is 0.147. The van der Waals surface area contributed by atoms with Gasteiger partial charge < -0.3 is 9.84 Å². The smallest absolute Gasteiger partial charge is 0.126 e. The van der Waals surface area contributed by atoms with Gasteiger partial charge >= 0.3 is 0 Å². The average Bonchev–Trinajstić information content (AvgIpc) is 2.06. The molecule has 0 aliphatic carbocycles. The summed E-state index contributed by atoms with van der Waals surface area (Å²) in [6.07, 6.45) is 0.441. The SMILES string of the molecule is COc1cc(F)ccc1CC(C)(C)O. The minimum atomic E-state index is -0.814. The normalized spacial score (nSPS) is 11.5. The van der Waals surface area contributed by atoms with Crippen LogP contribution in [0.1, 0.15) is 19.4 Å². The van der Waals surface area contributed by atoms with Crippen molar-refractivity contribution in [3.05, 3.63) is 29.6 Å². The van der Waals surface area contributed by atoms with Crippen LogP contribution in [0.4, 0.5) is 4.39 Å². The van der Waals surface area contributed by atoms with Crippen molar-refractivity contribution in [2.24, 2.45) is 0 Å². The highest BCUT2D eigenvalue weighted by atomic mass is 19.1. The van der Waals surface area contributed by atoms with Crippen LogP contribution >= 0.6 is 0 Å². The Labute approximate surface area is 83.3 Å². The lowest BCUT2D eigenvalue weighted by Gasteiger charge is -2.18. The summed E-state index contributed by atoms with van der Waals surface area (Å²) in [6, 6.07) is 4.32. The number of aliphatic hydroxyl groups is 1. The molecule has 0 heterocycles. The monoisotopic (exact) mass is 198 g/mol. The predicted octanol–water partition coefficient (Wildman–Crippen LogP) is 2.15. The molecular weight excluding hydrogens is 183 g/mol. The van der Waals surface area contributed by atoms with E-state index in [-0.39, 0.29) is 5.82 Å². The Balaban J connectivity index is 2.97. The number of benzene rings is 1. The molecule has 0 aliphatic rings. The maximum absolute atomic E-state index is 12.8. The van der Waals surface area contributed by atoms with E-state index in [0.717, 1.165) is 5.56 Å². The van der Waals surface area contributed by atoms with Gasteiger partial charge in [0.05, 0.1) is 12.7 Å². The van der Waals surface area contributed by atoms with Gasteiger partial charge in [-0.25, -0.2) is 4.39 Å². The third-order valence-corrected chi connectivity index (χ3v) is 1.87. The first-order valence-electron chi connectivity index (χ1n) is 4.47. The molecule has 0 saturated heterocycles. The Morgan fingerprint density at radius 3 is 2.57 bits per heavy atom. The average molecular weight is 198 g/mol. The van der Waals surface area contributed by atoms with Crippen molar-refractivity contribution in [2.75, 3.05) is 7.11 Å². The van der Waals surface area contributed by atoms with Gasteiger partial charge in [-0.2, -0.15) is 0 Å². The van der Waals surface area contributed by atoms with Gasteiger partial charge in [0, 0.05) is 12.5 Å². The highest BCUT2D eigenvalue weighted by Crippen LogP contribution is 2.23. The summed E-state index contributed by atoms with van der Waals surface area (Å²) in [4.78, 5) is 0. The zero-order valence-electron chi connectivity index (χ0n) is 8.67. The summed E-state index contributed by atoms with van der Waals surface area (Å²) in [5, 5.41) is 9.61. The summed E-state index contributed by atoms with van der Waals surface area (Å²) in [7, 11) is 1.49. The number of hydrogen-bond donors (Lipinski definition) is 1. The zero-order chi connectivity index (χ0) is 10.8. The van der Waals surface area contributed by atoms with E-state index in [1.54, 1.807) is 19.9 Å². The van der Waals surface area contributed by atoms with Gasteiger partial charge in [0.25, 0.3) is 0 Å². The van der Waals surface area contributed by atoms with Crippen LogP contribution in [0.5, 0.6) is 5.75 Å². The molecule has 1 rings (SSSR count). The van der Waals surface area contributed by atoms with E-state index < -0.39 is 5.60 Å². The Bertz CT molecular complexity index is 316. The van der Waals surface area contributed by atoms with Crippen molar-refractivity contribution in [3.8, 4) is 5.75 Å². The molecule has 0 amide bonds. The van der Waals surface area contributed by atoms with Crippen LogP contribution in [0.3, 0.4) is 0 Å². The van der Waals surface area contributed by atoms with Crippen LogP contribution in [-0.2, 0) is 6.42 Å². The fourth-order valence-corrected chi connectivity index (χ4v) is 1.33. The van der Waals surface area contributed by atoms with E-state index in [9.17, 15) is 9.50 Å². The quantitative estimate of drug-likeness (QED) is 0.806. The molecule has 0 fully saturated rings. The van der Waals surface area contributed by atoms with Crippen molar-refractivity contribution >= 4 is 0 Å². The first kappa shape index (κ1) is 11.0. The molecule has 0 bridgehead atoms. The molecule has 1 N–H and O–H groups in total. The number of hydrogen-bond acceptors (Lipinski definition) is 2. The second-order valence-electron chi connectivity index (χ2n) is 3.95. The number of rotatable bonds is 3. The largest absolute Gasteiger partial charge is 0.496 e. The lowest BCUT2D eigenvalue weighted by molar-refractivity contribution is 0.0802. The highest BCUT2D eigenvalue weighted by Gasteiger charge is 2.16. The lowest BCUT2D eigenvalue weighted by atomic mass is 9.98. The van der Waals surface area contributed by atoms with Crippen LogP contribution in [-0.4, -0.2) is 17.8 Å². The Morgan fingerprint density at radius 2 is 2.07 bits per heavy atom. The van der Waals surface area contributed by atoms with E-state index >= 15 is 0 Å². The van der Waals surface area contributed by atoms with Crippen LogP contribution in [0.25, 0.3) is 0 Å². The molecule has 0 aromatic heterocycles. The van der Waals surface area contributed by atoms with Gasteiger partial charge in [0.2, 0.25) is 0 Å². The molecule has 0 spiro atoms. The van der Waals surface area contributed by atoms with E-state index in [2.05, 4.69) is 0 Å². The fraction of sp³-hybridized carbons (Fsp3) is 0.455. The van der Waals surface area contributed by atoms with Gasteiger partial charge in [-0.15, -0.1) is 0 Å². The third-order valence-electron chi connectivity index (χ3n) is 1.87. The molecule has 1 aromatic rings. The van der Waals surface area contributed by atoms with Crippen LogP contribution < -0.4 is 4.74 Å². The second-order valence-corrected chi connectivity index (χ2v) is 3.95. The Morgan fingerprint density at radius 1 is 1.43 bits per heavy atom. The van der Waals surface area contributed by atoms with E-state index in [1.165, 1.54) is 19.2 Å². The minimum Gasteiger partial charge on any atom is -0.496 e. The molecule has 14 heavy (non-hydrogen) atoms. The molecule has 1 aromatic carbocycles. The van der Waals surface area contributed by atoms with Crippen LogP contribution in [0, 0.1) is 5.82 Å². The van der Waals surface area contributed by atoms with Crippen LogP contribution in [0.15, 0.2) is 18.2 Å². The van der Waals surface area contributed by atoms with E-state index in [0.29, 0.717) is 12.2 Å². The van der Waals surface area contributed by atoms with Gasteiger partial charge in [0.1, 0.15) is 11.6 Å². The van der Waals surface area contributed by atoms with Gasteiger partial charge in [0.15, 0.2) is 0 Å². The number of halogens is 1. The molecule has 0 aliphatic heterocycles. The number of methoxy groups -OCH3 is 1. The predicted molar refractivity (Wildman–Crippen MR) is 53.0 cm³/mol. The topological polar surface area (TPSA) is 29.5 Å². The first-order chi connectivity index (χ1) is 6.42. The maximum atomic E-state index is 12.8. The van der Waals surface area contributed by atoms with Crippen molar-refractivity contribution in [1.29, 1.82) is 0 Å². The molecule has 0 atom stereocenters. The highest BCUT2D eigenvalue weighted by molar-refractivity contribution is 5.34. The summed E-state index contributed by atoms with van der Waals surface area (Å²) in [5.41, 5.74) is -0.00752. The molecule has 0 saturated carbocycles. The molecule has 0 unspecified atom stereocenters. The Hall–Kier alpha value is -1.09. The maximum Gasteiger partial charge on any atom is 0.126 e. The second kappa shape index (κ2) is 3.96. The molecule has 78 valence electrons. The Kier molecular flexibility index (Phi) is 3.11. The van der Waals surface area contributed by atoms with E-state index in [1.807, 2.05) is 0 Å². The third kappa shape index (κ3) is 3.00. The molecular formula is C11H15FO2. The summed E-state index contributed by atoms with van der Waals surface area (Å²) in [6.45, 7) is 3.41. The van der Waals surface area contributed by atoms with Crippen molar-refractivity contribution in [2.45, 2.75) is 25.9 Å². The van der Waals surface area contributed by atoms with Gasteiger partial charge in [-0.05, 0) is 25.5 Å². The molecule has 0 radical (unpaired) electrons. The first-order valence-corrected chi connectivity index (χ1v) is 4.47.